The summed E-state index contributed by atoms with van der Waals surface area (Å²) in [5, 5.41) is 3.43. The largest absolute Gasteiger partial charge is 0.365 e. The van der Waals surface area contributed by atoms with Crippen LogP contribution in [0.4, 0.5) is 14.6 Å². The molecule has 0 bridgehead atoms. The molecular formula is C16H16ClF2IN4. The van der Waals surface area contributed by atoms with E-state index in [2.05, 4.69) is 37.9 Å². The highest BCUT2D eigenvalue weighted by Gasteiger charge is 2.37. The maximum Gasteiger partial charge on any atom is 0.261 e. The minimum Gasteiger partial charge on any atom is -0.365 e. The van der Waals surface area contributed by atoms with Crippen LogP contribution < -0.4 is 5.32 Å². The number of halogens is 4. The second-order valence-electron chi connectivity index (χ2n) is 5.82. The Bertz CT molecular complexity index is 712. The van der Waals surface area contributed by atoms with Crippen molar-refractivity contribution in [3.05, 3.63) is 50.4 Å². The third-order valence-electron chi connectivity index (χ3n) is 3.85. The van der Waals surface area contributed by atoms with E-state index < -0.39 is 5.92 Å². The zero-order valence-corrected chi connectivity index (χ0v) is 15.7. The Balaban J connectivity index is 1.56. The lowest BCUT2D eigenvalue weighted by Gasteiger charge is -2.15. The van der Waals surface area contributed by atoms with Crippen molar-refractivity contribution in [2.24, 2.45) is 0 Å². The van der Waals surface area contributed by atoms with E-state index in [4.69, 9.17) is 11.6 Å². The van der Waals surface area contributed by atoms with Gasteiger partial charge in [0.15, 0.2) is 0 Å². The summed E-state index contributed by atoms with van der Waals surface area (Å²) in [6, 6.07) is 7.94. The van der Waals surface area contributed by atoms with Crippen LogP contribution in [-0.2, 0) is 13.1 Å². The fourth-order valence-corrected chi connectivity index (χ4v) is 3.20. The summed E-state index contributed by atoms with van der Waals surface area (Å²) < 4.78 is 27.3. The van der Waals surface area contributed by atoms with Gasteiger partial charge in [-0.15, -0.1) is 0 Å². The van der Waals surface area contributed by atoms with Gasteiger partial charge in [0, 0.05) is 32.3 Å². The molecule has 8 heteroatoms. The van der Waals surface area contributed by atoms with Crippen LogP contribution in [0.5, 0.6) is 0 Å². The SMILES string of the molecule is FC1(F)CCN(Cc2ccc(CNc3nc(Cl)ncc3I)cc2)C1. The molecule has 1 aliphatic heterocycles. The monoisotopic (exact) mass is 464 g/mol. The molecule has 0 unspecified atom stereocenters. The summed E-state index contributed by atoms with van der Waals surface area (Å²) in [6.07, 6.45) is 1.61. The molecule has 1 aliphatic rings. The minimum absolute atomic E-state index is 0.0465. The van der Waals surface area contributed by atoms with Gasteiger partial charge in [0.2, 0.25) is 5.28 Å². The fraction of sp³-hybridized carbons (Fsp3) is 0.375. The zero-order valence-electron chi connectivity index (χ0n) is 12.8. The first-order valence-corrected chi connectivity index (χ1v) is 8.97. The minimum atomic E-state index is -2.54. The van der Waals surface area contributed by atoms with Gasteiger partial charge in [-0.25, -0.2) is 13.8 Å². The van der Waals surface area contributed by atoms with Crippen molar-refractivity contribution in [2.45, 2.75) is 25.4 Å². The topological polar surface area (TPSA) is 41.0 Å². The lowest BCUT2D eigenvalue weighted by Crippen LogP contribution is -2.24. The molecule has 1 N–H and O–H groups in total. The highest BCUT2D eigenvalue weighted by Crippen LogP contribution is 2.27. The summed E-state index contributed by atoms with van der Waals surface area (Å²) in [4.78, 5) is 9.85. The van der Waals surface area contributed by atoms with Gasteiger partial charge in [0.1, 0.15) is 5.82 Å². The zero-order chi connectivity index (χ0) is 17.2. The third-order valence-corrected chi connectivity index (χ3v) is 4.82. The first-order chi connectivity index (χ1) is 11.4. The van der Waals surface area contributed by atoms with Crippen LogP contribution >= 0.6 is 34.2 Å². The van der Waals surface area contributed by atoms with E-state index in [-0.39, 0.29) is 18.2 Å². The molecule has 0 aliphatic carbocycles. The Morgan fingerprint density at radius 3 is 2.62 bits per heavy atom. The summed E-state index contributed by atoms with van der Waals surface area (Å²) in [7, 11) is 0. The molecule has 128 valence electrons. The number of nitrogens with zero attached hydrogens (tertiary/aromatic N) is 3. The summed E-state index contributed by atoms with van der Waals surface area (Å²) >= 11 is 7.94. The quantitative estimate of drug-likeness (QED) is 0.532. The molecule has 1 aromatic carbocycles. The molecule has 2 heterocycles. The van der Waals surface area contributed by atoms with Crippen LogP contribution in [-0.4, -0.2) is 33.9 Å². The van der Waals surface area contributed by atoms with Crippen LogP contribution in [0.15, 0.2) is 30.5 Å². The van der Waals surface area contributed by atoms with Crippen LogP contribution in [0, 0.1) is 3.57 Å². The van der Waals surface area contributed by atoms with E-state index in [9.17, 15) is 8.78 Å². The molecule has 1 fully saturated rings. The van der Waals surface area contributed by atoms with Crippen molar-refractivity contribution in [2.75, 3.05) is 18.4 Å². The van der Waals surface area contributed by atoms with Gasteiger partial charge in [-0.3, -0.25) is 4.90 Å². The number of hydrogen-bond acceptors (Lipinski definition) is 4. The number of likely N-dealkylation sites (tertiary alicyclic amines) is 1. The van der Waals surface area contributed by atoms with Gasteiger partial charge < -0.3 is 5.32 Å². The smallest absolute Gasteiger partial charge is 0.261 e. The first kappa shape index (κ1) is 17.8. The number of rotatable bonds is 5. The van der Waals surface area contributed by atoms with E-state index in [1.54, 1.807) is 11.1 Å². The number of nitrogens with one attached hydrogen (secondary N) is 1. The molecule has 0 amide bonds. The highest BCUT2D eigenvalue weighted by atomic mass is 127. The van der Waals surface area contributed by atoms with Gasteiger partial charge >= 0.3 is 0 Å². The molecule has 1 saturated heterocycles. The Hall–Kier alpha value is -1.06. The standard InChI is InChI=1S/C16H16ClF2IN4/c17-15-22-8-13(20)14(23-15)21-7-11-1-3-12(4-2-11)9-24-6-5-16(18,19)10-24/h1-4,8H,5-7,9-10H2,(H,21,22,23). The fourth-order valence-electron chi connectivity index (χ4n) is 2.62. The lowest BCUT2D eigenvalue weighted by atomic mass is 10.1. The van der Waals surface area contributed by atoms with E-state index in [1.165, 1.54) is 0 Å². The number of aromatic nitrogens is 2. The van der Waals surface area contributed by atoms with Crippen LogP contribution in [0.25, 0.3) is 0 Å². The Morgan fingerprint density at radius 1 is 1.25 bits per heavy atom. The van der Waals surface area contributed by atoms with Gasteiger partial charge in [-0.1, -0.05) is 24.3 Å². The van der Waals surface area contributed by atoms with Gasteiger partial charge in [-0.05, 0) is 45.3 Å². The number of hydrogen-bond donors (Lipinski definition) is 1. The van der Waals surface area contributed by atoms with Crippen molar-refractivity contribution < 1.29 is 8.78 Å². The molecule has 2 aromatic rings. The summed E-state index contributed by atoms with van der Waals surface area (Å²) in [5.41, 5.74) is 2.12. The van der Waals surface area contributed by atoms with E-state index in [0.29, 0.717) is 25.5 Å². The van der Waals surface area contributed by atoms with Crippen molar-refractivity contribution in [1.29, 1.82) is 0 Å². The van der Waals surface area contributed by atoms with Crippen LogP contribution in [0.1, 0.15) is 17.5 Å². The Labute approximate surface area is 157 Å². The summed E-state index contributed by atoms with van der Waals surface area (Å²) in [5.74, 6) is -1.85. The molecule has 0 spiro atoms. The number of anilines is 1. The van der Waals surface area contributed by atoms with Crippen LogP contribution in [0.3, 0.4) is 0 Å². The first-order valence-electron chi connectivity index (χ1n) is 7.51. The summed E-state index contributed by atoms with van der Waals surface area (Å²) in [6.45, 7) is 1.46. The molecule has 0 radical (unpaired) electrons. The normalized spacial score (nSPS) is 17.2. The van der Waals surface area contributed by atoms with Crippen molar-refractivity contribution in [1.82, 2.24) is 14.9 Å². The molecule has 1 aromatic heterocycles. The second kappa shape index (κ2) is 7.45. The second-order valence-corrected chi connectivity index (χ2v) is 7.32. The molecular weight excluding hydrogens is 449 g/mol. The maximum atomic E-state index is 13.2. The predicted molar refractivity (Wildman–Crippen MR) is 98.4 cm³/mol. The predicted octanol–water partition coefficient (Wildman–Crippen LogP) is 4.19. The Kier molecular flexibility index (Phi) is 5.51. The molecule has 0 atom stereocenters. The molecule has 0 saturated carbocycles. The third kappa shape index (κ3) is 4.73. The van der Waals surface area contributed by atoms with E-state index in [0.717, 1.165) is 14.7 Å². The van der Waals surface area contributed by atoms with E-state index in [1.807, 2.05) is 24.3 Å². The van der Waals surface area contributed by atoms with Gasteiger partial charge in [0.05, 0.1) is 10.1 Å². The maximum absolute atomic E-state index is 13.2. The average molecular weight is 465 g/mol. The van der Waals surface area contributed by atoms with Crippen molar-refractivity contribution >= 4 is 40.0 Å². The lowest BCUT2D eigenvalue weighted by molar-refractivity contribution is 0.0115. The van der Waals surface area contributed by atoms with Crippen molar-refractivity contribution in [3.8, 4) is 0 Å². The molecule has 4 nitrogen and oxygen atoms in total. The average Bonchev–Trinajstić information content (AvgIpc) is 2.88. The molecule has 24 heavy (non-hydrogen) atoms. The number of alkyl halides is 2. The molecule has 3 rings (SSSR count). The number of benzene rings is 1. The van der Waals surface area contributed by atoms with Crippen molar-refractivity contribution in [3.63, 3.8) is 0 Å². The van der Waals surface area contributed by atoms with Gasteiger partial charge in [-0.2, -0.15) is 4.98 Å². The van der Waals surface area contributed by atoms with Gasteiger partial charge in [0.25, 0.3) is 5.92 Å². The van der Waals surface area contributed by atoms with Crippen LogP contribution in [0.2, 0.25) is 5.28 Å². The highest BCUT2D eigenvalue weighted by molar-refractivity contribution is 14.1. The van der Waals surface area contributed by atoms with E-state index >= 15 is 0 Å². The Morgan fingerprint density at radius 2 is 1.96 bits per heavy atom.